The van der Waals surface area contributed by atoms with Crippen LogP contribution in [-0.2, 0) is 19.8 Å². The lowest BCUT2D eigenvalue weighted by atomic mass is 10.2. The summed E-state index contributed by atoms with van der Waals surface area (Å²) in [6.07, 6.45) is -4.68. The normalized spacial score (nSPS) is 12.0. The van der Waals surface area contributed by atoms with Crippen LogP contribution in [0.4, 0.5) is 13.2 Å². The minimum atomic E-state index is -4.68. The van der Waals surface area contributed by atoms with Gasteiger partial charge in [-0.05, 0) is 23.6 Å². The molecule has 0 saturated carbocycles. The highest BCUT2D eigenvalue weighted by Crippen LogP contribution is 2.28. The number of halogens is 3. The fourth-order valence-corrected chi connectivity index (χ4v) is 3.43. The second-order valence-electron chi connectivity index (χ2n) is 5.96. The molecule has 4 aromatic rings. The molecule has 4 rings (SSSR count). The van der Waals surface area contributed by atoms with Crippen molar-refractivity contribution in [3.8, 4) is 10.6 Å². The zero-order chi connectivity index (χ0) is 20.1. The van der Waals surface area contributed by atoms with Gasteiger partial charge in [-0.15, -0.1) is 11.3 Å². The fourth-order valence-electron chi connectivity index (χ4n) is 2.76. The van der Waals surface area contributed by atoms with Gasteiger partial charge in [0.25, 0.3) is 5.56 Å². The Bertz CT molecular complexity index is 1290. The van der Waals surface area contributed by atoms with Crippen molar-refractivity contribution in [2.75, 3.05) is 0 Å². The zero-order valence-corrected chi connectivity index (χ0v) is 15.0. The first kappa shape index (κ1) is 18.2. The van der Waals surface area contributed by atoms with Gasteiger partial charge in [-0.25, -0.2) is 9.78 Å². The average molecular weight is 408 g/mol. The highest BCUT2D eigenvalue weighted by atomic mass is 32.1. The first-order valence-electron chi connectivity index (χ1n) is 7.93. The van der Waals surface area contributed by atoms with Crippen LogP contribution >= 0.6 is 11.3 Å². The molecule has 7 nitrogen and oxygen atoms in total. The zero-order valence-electron chi connectivity index (χ0n) is 14.2. The summed E-state index contributed by atoms with van der Waals surface area (Å²) in [6, 6.07) is 7.01. The number of rotatable bonds is 3. The van der Waals surface area contributed by atoms with Crippen LogP contribution in [0.15, 0.2) is 49.8 Å². The van der Waals surface area contributed by atoms with Gasteiger partial charge in [-0.1, -0.05) is 11.2 Å². The van der Waals surface area contributed by atoms with Crippen LogP contribution in [0, 0.1) is 0 Å². The third-order valence-electron chi connectivity index (χ3n) is 4.12. The number of hydrogen-bond acceptors (Lipinski definition) is 6. The Hall–Kier alpha value is -3.21. The first-order valence-corrected chi connectivity index (χ1v) is 8.81. The Morgan fingerprint density at radius 3 is 2.68 bits per heavy atom. The highest BCUT2D eigenvalue weighted by molar-refractivity contribution is 7.13. The van der Waals surface area contributed by atoms with Crippen molar-refractivity contribution >= 4 is 22.4 Å². The van der Waals surface area contributed by atoms with Crippen molar-refractivity contribution < 1.29 is 17.7 Å². The molecule has 144 valence electrons. The maximum atomic E-state index is 12.9. The Kier molecular flexibility index (Phi) is 4.18. The monoisotopic (exact) mass is 408 g/mol. The summed E-state index contributed by atoms with van der Waals surface area (Å²) in [6.45, 7) is -0.183. The van der Waals surface area contributed by atoms with Gasteiger partial charge in [-0.3, -0.25) is 13.9 Å². The number of fused-ring (bicyclic) bond motifs is 1. The molecule has 0 bridgehead atoms. The van der Waals surface area contributed by atoms with Crippen molar-refractivity contribution in [2.24, 2.45) is 7.05 Å². The van der Waals surface area contributed by atoms with E-state index in [1.54, 1.807) is 6.07 Å². The van der Waals surface area contributed by atoms with Gasteiger partial charge in [0.05, 0.1) is 16.8 Å². The molecule has 0 fully saturated rings. The lowest BCUT2D eigenvalue weighted by molar-refractivity contribution is -0.141. The van der Waals surface area contributed by atoms with Gasteiger partial charge in [0.2, 0.25) is 0 Å². The maximum absolute atomic E-state index is 12.9. The maximum Gasteiger partial charge on any atom is 0.433 e. The molecule has 0 aliphatic rings. The Balaban J connectivity index is 1.80. The van der Waals surface area contributed by atoms with Gasteiger partial charge in [0, 0.05) is 13.1 Å². The minimum absolute atomic E-state index is 0.0999. The van der Waals surface area contributed by atoms with E-state index in [1.165, 1.54) is 18.4 Å². The number of nitrogens with zero attached hydrogens (tertiary/aromatic N) is 4. The van der Waals surface area contributed by atoms with E-state index in [0.29, 0.717) is 17.5 Å². The highest BCUT2D eigenvalue weighted by Gasteiger charge is 2.33. The molecule has 0 N–H and O–H groups in total. The molecular formula is C17H11F3N4O3S. The molecule has 0 amide bonds. The summed E-state index contributed by atoms with van der Waals surface area (Å²) in [5, 5.41) is 5.63. The van der Waals surface area contributed by atoms with Gasteiger partial charge < -0.3 is 4.52 Å². The molecule has 0 aliphatic heterocycles. The molecule has 0 unspecified atom stereocenters. The number of thiophene rings is 1. The molecule has 0 atom stereocenters. The quantitative estimate of drug-likeness (QED) is 0.521. The predicted octanol–water partition coefficient (Wildman–Crippen LogP) is 2.88. The van der Waals surface area contributed by atoms with Crippen LogP contribution in [0.25, 0.3) is 21.7 Å². The first-order chi connectivity index (χ1) is 13.3. The van der Waals surface area contributed by atoms with Gasteiger partial charge in [-0.2, -0.15) is 13.2 Å². The molecule has 28 heavy (non-hydrogen) atoms. The fraction of sp³-hybridized carbons (Fsp3) is 0.176. The van der Waals surface area contributed by atoms with E-state index < -0.39 is 23.1 Å². The SMILES string of the molecule is Cn1c(=O)n(Cc2cc(-c3cccs3)on2)c(=O)c2ccc(C(F)(F)F)nc21. The van der Waals surface area contributed by atoms with E-state index >= 15 is 0 Å². The van der Waals surface area contributed by atoms with Crippen molar-refractivity contribution in [2.45, 2.75) is 12.7 Å². The van der Waals surface area contributed by atoms with Crippen LogP contribution in [0.1, 0.15) is 11.4 Å². The topological polar surface area (TPSA) is 82.9 Å². The number of pyridine rings is 1. The van der Waals surface area contributed by atoms with Gasteiger partial charge in [0.1, 0.15) is 17.0 Å². The molecule has 0 saturated heterocycles. The lowest BCUT2D eigenvalue weighted by Crippen LogP contribution is -2.39. The molecular weight excluding hydrogens is 397 g/mol. The van der Waals surface area contributed by atoms with E-state index in [4.69, 9.17) is 4.52 Å². The Morgan fingerprint density at radius 1 is 1.21 bits per heavy atom. The molecule has 0 aromatic carbocycles. The van der Waals surface area contributed by atoms with Crippen molar-refractivity contribution in [1.82, 2.24) is 19.3 Å². The van der Waals surface area contributed by atoms with E-state index in [9.17, 15) is 22.8 Å². The standard InChI is InChI=1S/C17H11F3N4O3S/c1-23-14-10(4-5-13(21-14)17(18,19)20)15(25)24(16(23)26)8-9-7-11(27-22-9)12-3-2-6-28-12/h2-7H,8H2,1H3. The van der Waals surface area contributed by atoms with E-state index in [-0.39, 0.29) is 17.6 Å². The van der Waals surface area contributed by atoms with Crippen LogP contribution in [0.3, 0.4) is 0 Å². The molecule has 4 aromatic heterocycles. The van der Waals surface area contributed by atoms with Crippen LogP contribution in [0.2, 0.25) is 0 Å². The summed E-state index contributed by atoms with van der Waals surface area (Å²) in [4.78, 5) is 29.5. The van der Waals surface area contributed by atoms with Gasteiger partial charge in [0.15, 0.2) is 5.76 Å². The average Bonchev–Trinajstić information content (AvgIpc) is 3.33. The second-order valence-corrected chi connectivity index (χ2v) is 6.91. The van der Waals surface area contributed by atoms with E-state index in [1.807, 2.05) is 17.5 Å². The van der Waals surface area contributed by atoms with Crippen molar-refractivity contribution in [3.63, 3.8) is 0 Å². The van der Waals surface area contributed by atoms with E-state index in [2.05, 4.69) is 10.1 Å². The van der Waals surface area contributed by atoms with Gasteiger partial charge >= 0.3 is 11.9 Å². The summed E-state index contributed by atoms with van der Waals surface area (Å²) < 4.78 is 45.7. The van der Waals surface area contributed by atoms with Crippen LogP contribution < -0.4 is 11.2 Å². The number of aromatic nitrogens is 4. The molecule has 0 radical (unpaired) electrons. The van der Waals surface area contributed by atoms with Crippen molar-refractivity contribution in [1.29, 1.82) is 0 Å². The Labute approximate surface area is 158 Å². The smallest absolute Gasteiger partial charge is 0.355 e. The molecule has 4 heterocycles. The summed E-state index contributed by atoms with van der Waals surface area (Å²) >= 11 is 1.44. The van der Waals surface area contributed by atoms with E-state index in [0.717, 1.165) is 20.1 Å². The molecule has 0 spiro atoms. The largest absolute Gasteiger partial charge is 0.433 e. The predicted molar refractivity (Wildman–Crippen MR) is 95.2 cm³/mol. The van der Waals surface area contributed by atoms with Crippen LogP contribution in [-0.4, -0.2) is 19.3 Å². The third kappa shape index (κ3) is 3.03. The summed E-state index contributed by atoms with van der Waals surface area (Å²) in [5.41, 5.74) is -2.73. The lowest BCUT2D eigenvalue weighted by Gasteiger charge is -2.11. The molecule has 11 heteroatoms. The number of alkyl halides is 3. The summed E-state index contributed by atoms with van der Waals surface area (Å²) in [5.74, 6) is 0.493. The second kappa shape index (κ2) is 6.44. The van der Waals surface area contributed by atoms with Crippen LogP contribution in [0.5, 0.6) is 0 Å². The number of aryl methyl sites for hydroxylation is 1. The number of hydrogen-bond donors (Lipinski definition) is 0. The summed E-state index contributed by atoms with van der Waals surface area (Å²) in [7, 11) is 1.26. The van der Waals surface area contributed by atoms with Crippen molar-refractivity contribution in [3.05, 3.63) is 67.9 Å². The minimum Gasteiger partial charge on any atom is -0.355 e. The molecule has 0 aliphatic carbocycles. The third-order valence-corrected chi connectivity index (χ3v) is 5.00. The Morgan fingerprint density at radius 2 is 2.00 bits per heavy atom.